The van der Waals surface area contributed by atoms with Crippen LogP contribution in [0.25, 0.3) is 0 Å². The summed E-state index contributed by atoms with van der Waals surface area (Å²) in [5.74, 6) is 0.353. The first-order valence-corrected chi connectivity index (χ1v) is 12.4. The number of rotatable bonds is 6. The van der Waals surface area contributed by atoms with Crippen molar-refractivity contribution in [1.29, 1.82) is 0 Å². The Hall–Kier alpha value is -1.36. The second-order valence-electron chi connectivity index (χ2n) is 9.70. The molecule has 0 amide bonds. The Balaban J connectivity index is 1.74. The van der Waals surface area contributed by atoms with E-state index in [1.807, 2.05) is 0 Å². The van der Waals surface area contributed by atoms with Gasteiger partial charge in [0, 0.05) is 12.8 Å². The summed E-state index contributed by atoms with van der Waals surface area (Å²) >= 11 is 3.16. The van der Waals surface area contributed by atoms with Crippen molar-refractivity contribution in [1.82, 2.24) is 0 Å². The lowest BCUT2D eigenvalue weighted by Gasteiger charge is -2.44. The second kappa shape index (κ2) is 9.84. The summed E-state index contributed by atoms with van der Waals surface area (Å²) in [6.07, 6.45) is 12.9. The third kappa shape index (κ3) is 5.09. The minimum absolute atomic E-state index is 0.0606. The van der Waals surface area contributed by atoms with Crippen LogP contribution in [-0.2, 0) is 14.3 Å². The number of alkyl halides is 1. The summed E-state index contributed by atoms with van der Waals surface area (Å²) in [6.45, 7) is 8.74. The van der Waals surface area contributed by atoms with Crippen LogP contribution in [-0.4, -0.2) is 28.5 Å². The maximum absolute atomic E-state index is 11.6. The summed E-state index contributed by atoms with van der Waals surface area (Å²) in [7, 11) is 0. The summed E-state index contributed by atoms with van der Waals surface area (Å²) in [5.41, 5.74) is 4.06. The largest absolute Gasteiger partial charge is 0.481 e. The number of hydrogen-bond donors (Lipinski definition) is 1. The molecular formula is C25H35BrO4. The van der Waals surface area contributed by atoms with Gasteiger partial charge in [-0.05, 0) is 73.7 Å². The molecule has 3 aliphatic carbocycles. The number of carbonyl (C=O) groups excluding carboxylic acids is 1. The van der Waals surface area contributed by atoms with Gasteiger partial charge in [0.2, 0.25) is 0 Å². The van der Waals surface area contributed by atoms with E-state index in [1.165, 1.54) is 24.0 Å². The molecule has 3 saturated carbocycles. The Morgan fingerprint density at radius 1 is 1.30 bits per heavy atom. The van der Waals surface area contributed by atoms with E-state index in [2.05, 4.69) is 48.5 Å². The molecule has 0 aromatic rings. The third-order valence-corrected chi connectivity index (χ3v) is 8.25. The molecule has 5 heteroatoms. The molecule has 5 atom stereocenters. The molecule has 166 valence electrons. The van der Waals surface area contributed by atoms with Gasteiger partial charge in [0.15, 0.2) is 0 Å². The molecule has 3 rings (SSSR count). The molecule has 0 heterocycles. The van der Waals surface area contributed by atoms with Crippen LogP contribution in [0.5, 0.6) is 0 Å². The van der Waals surface area contributed by atoms with E-state index in [0.717, 1.165) is 44.1 Å². The van der Waals surface area contributed by atoms with E-state index in [1.54, 1.807) is 0 Å². The van der Waals surface area contributed by atoms with Crippen molar-refractivity contribution in [3.8, 4) is 0 Å². The average Bonchev–Trinajstić information content (AvgIpc) is 3.05. The summed E-state index contributed by atoms with van der Waals surface area (Å²) in [5, 5.41) is 9.49. The highest BCUT2D eigenvalue weighted by Crippen LogP contribution is 2.59. The van der Waals surface area contributed by atoms with E-state index in [9.17, 15) is 14.7 Å². The van der Waals surface area contributed by atoms with Gasteiger partial charge < -0.3 is 9.84 Å². The fraction of sp³-hybridized carbons (Fsp3) is 0.680. The van der Waals surface area contributed by atoms with Gasteiger partial charge in [-0.25, -0.2) is 0 Å². The Kier molecular flexibility index (Phi) is 7.65. The Labute approximate surface area is 189 Å². The Morgan fingerprint density at radius 2 is 2.07 bits per heavy atom. The first kappa shape index (κ1) is 23.3. The van der Waals surface area contributed by atoms with Crippen LogP contribution in [0.2, 0.25) is 0 Å². The lowest BCUT2D eigenvalue weighted by Crippen LogP contribution is -2.36. The predicted molar refractivity (Wildman–Crippen MR) is 122 cm³/mol. The molecule has 3 fully saturated rings. The highest BCUT2D eigenvalue weighted by atomic mass is 79.9. The van der Waals surface area contributed by atoms with Crippen molar-refractivity contribution in [2.24, 2.45) is 23.2 Å². The third-order valence-electron chi connectivity index (χ3n) is 7.80. The van der Waals surface area contributed by atoms with Gasteiger partial charge in [-0.1, -0.05) is 59.7 Å². The molecule has 30 heavy (non-hydrogen) atoms. The molecule has 0 aromatic carbocycles. The molecule has 0 aromatic heterocycles. The summed E-state index contributed by atoms with van der Waals surface area (Å²) < 4.78 is 5.53. The molecule has 5 unspecified atom stereocenters. The number of hydrogen-bond acceptors (Lipinski definition) is 3. The minimum atomic E-state index is -0.683. The van der Waals surface area contributed by atoms with Crippen molar-refractivity contribution in [3.63, 3.8) is 0 Å². The second-order valence-corrected chi connectivity index (χ2v) is 10.3. The minimum Gasteiger partial charge on any atom is -0.481 e. The number of aliphatic carboxylic acids is 1. The number of esters is 1. The molecule has 0 saturated heterocycles. The summed E-state index contributed by atoms with van der Waals surface area (Å²) in [4.78, 5) is 22.9. The number of carboxylic acids is 1. The van der Waals surface area contributed by atoms with E-state index in [-0.39, 0.29) is 35.2 Å². The smallest absolute Gasteiger partial charge is 0.316 e. The fourth-order valence-electron chi connectivity index (χ4n) is 6.33. The van der Waals surface area contributed by atoms with Crippen molar-refractivity contribution < 1.29 is 19.4 Å². The van der Waals surface area contributed by atoms with Crippen LogP contribution in [0, 0.1) is 23.2 Å². The van der Waals surface area contributed by atoms with E-state index < -0.39 is 5.97 Å². The number of ether oxygens (including phenoxy) is 1. The van der Waals surface area contributed by atoms with Crippen LogP contribution >= 0.6 is 15.9 Å². The van der Waals surface area contributed by atoms with Crippen LogP contribution in [0.1, 0.15) is 71.6 Å². The highest BCUT2D eigenvalue weighted by Gasteiger charge is 2.50. The van der Waals surface area contributed by atoms with Crippen LogP contribution < -0.4 is 0 Å². The van der Waals surface area contributed by atoms with Crippen molar-refractivity contribution in [2.45, 2.75) is 77.7 Å². The lowest BCUT2D eigenvalue weighted by molar-refractivity contribution is -0.146. The zero-order valence-electron chi connectivity index (χ0n) is 18.3. The topological polar surface area (TPSA) is 63.6 Å². The van der Waals surface area contributed by atoms with Crippen molar-refractivity contribution in [2.75, 3.05) is 5.33 Å². The quantitative estimate of drug-likeness (QED) is 0.363. The van der Waals surface area contributed by atoms with Gasteiger partial charge >= 0.3 is 11.9 Å². The van der Waals surface area contributed by atoms with Gasteiger partial charge in [-0.15, -0.1) is 0 Å². The monoisotopic (exact) mass is 478 g/mol. The van der Waals surface area contributed by atoms with Crippen LogP contribution in [0.15, 0.2) is 35.5 Å². The number of carboxylic acid groups (broad SMARTS) is 1. The molecule has 0 aliphatic heterocycles. The summed E-state index contributed by atoms with van der Waals surface area (Å²) in [6, 6.07) is 0. The average molecular weight is 479 g/mol. The predicted octanol–water partition coefficient (Wildman–Crippen LogP) is 6.21. The normalized spacial score (nSPS) is 35.3. The highest BCUT2D eigenvalue weighted by molar-refractivity contribution is 9.09. The van der Waals surface area contributed by atoms with Gasteiger partial charge in [0.05, 0.1) is 0 Å². The standard InChI is InChI=1S/C25H35BrO4/c1-16-6-9-20(30-24(29)15-26)14-19(16)8-7-18-5-4-12-25(3)21(10-11-22(18)25)17(2)13-23(27)28/h7-8,17,20-22H,1,4-6,9-15H2,2-3H3,(H,27,28). The molecule has 0 spiro atoms. The lowest BCUT2D eigenvalue weighted by atomic mass is 9.61. The molecular weight excluding hydrogens is 444 g/mol. The number of allylic oxidation sites excluding steroid dienone is 4. The number of halogens is 1. The van der Waals surface area contributed by atoms with E-state index >= 15 is 0 Å². The number of fused-ring (bicyclic) bond motifs is 1. The molecule has 0 bridgehead atoms. The SMILES string of the molecule is C=C1CCC(OC(=O)CBr)CC1=CC=C1CCCC2(C)C1CCC2C(C)CC(=O)O. The van der Waals surface area contributed by atoms with Gasteiger partial charge in [-0.2, -0.15) is 0 Å². The first-order valence-electron chi connectivity index (χ1n) is 11.3. The maximum atomic E-state index is 11.6. The Morgan fingerprint density at radius 3 is 2.77 bits per heavy atom. The van der Waals surface area contributed by atoms with Crippen molar-refractivity contribution >= 4 is 27.9 Å². The van der Waals surface area contributed by atoms with E-state index in [0.29, 0.717) is 11.8 Å². The van der Waals surface area contributed by atoms with Crippen LogP contribution in [0.4, 0.5) is 0 Å². The van der Waals surface area contributed by atoms with Gasteiger partial charge in [-0.3, -0.25) is 9.59 Å². The zero-order valence-corrected chi connectivity index (χ0v) is 19.9. The van der Waals surface area contributed by atoms with Gasteiger partial charge in [0.1, 0.15) is 11.4 Å². The molecule has 4 nitrogen and oxygen atoms in total. The van der Waals surface area contributed by atoms with Crippen LogP contribution in [0.3, 0.4) is 0 Å². The van der Waals surface area contributed by atoms with Gasteiger partial charge in [0.25, 0.3) is 0 Å². The number of carbonyl (C=O) groups is 2. The molecule has 0 radical (unpaired) electrons. The maximum Gasteiger partial charge on any atom is 0.316 e. The molecule has 3 aliphatic rings. The van der Waals surface area contributed by atoms with E-state index in [4.69, 9.17) is 4.74 Å². The fourth-order valence-corrected chi connectivity index (χ4v) is 6.46. The van der Waals surface area contributed by atoms with Crippen molar-refractivity contribution in [3.05, 3.63) is 35.5 Å². The molecule has 1 N–H and O–H groups in total. The first-order chi connectivity index (χ1) is 14.2. The Bertz CT molecular complexity index is 752. The zero-order chi connectivity index (χ0) is 21.9.